The highest BCUT2D eigenvalue weighted by atomic mass is 16.5. The minimum Gasteiger partial charge on any atom is -0.508 e. The second-order valence-corrected chi connectivity index (χ2v) is 7.59. The third kappa shape index (κ3) is 2.54. The van der Waals surface area contributed by atoms with E-state index in [0.717, 1.165) is 37.0 Å². The van der Waals surface area contributed by atoms with E-state index in [1.807, 2.05) is 6.07 Å². The van der Waals surface area contributed by atoms with Crippen LogP contribution in [-0.4, -0.2) is 10.7 Å². The quantitative estimate of drug-likeness (QED) is 0.844. The Hall–Kier alpha value is -1.18. The number of phenolic OH excluding ortho intramolecular Hbond substituents is 1. The lowest BCUT2D eigenvalue weighted by molar-refractivity contribution is -0.00865. The van der Waals surface area contributed by atoms with Gasteiger partial charge in [-0.15, -0.1) is 0 Å². The standard InChI is InChI=1S/C19H28O2/c1-5-6-13-9-16(20)18-15-11-19(4,21-17(18)10-13)8-7-14(15)12(2)3/h9-10,12,14-15,20H,5-8,11H2,1-4H3. The zero-order chi connectivity index (χ0) is 15.2. The molecule has 2 nitrogen and oxygen atoms in total. The highest BCUT2D eigenvalue weighted by Crippen LogP contribution is 2.55. The Morgan fingerprint density at radius 1 is 1.38 bits per heavy atom. The lowest BCUT2D eigenvalue weighted by Crippen LogP contribution is -2.45. The molecular weight excluding hydrogens is 260 g/mol. The van der Waals surface area contributed by atoms with Crippen molar-refractivity contribution in [3.8, 4) is 11.5 Å². The van der Waals surface area contributed by atoms with E-state index in [-0.39, 0.29) is 5.60 Å². The molecule has 3 unspecified atom stereocenters. The fraction of sp³-hybridized carbons (Fsp3) is 0.684. The van der Waals surface area contributed by atoms with E-state index in [1.54, 1.807) is 0 Å². The SMILES string of the molecule is CCCc1cc(O)c2c(c1)OC1(C)CCC(C(C)C)C2C1. The summed E-state index contributed by atoms with van der Waals surface area (Å²) in [6.07, 6.45) is 5.47. The van der Waals surface area contributed by atoms with Gasteiger partial charge < -0.3 is 9.84 Å². The largest absolute Gasteiger partial charge is 0.508 e. The summed E-state index contributed by atoms with van der Waals surface area (Å²) < 4.78 is 6.33. The number of aromatic hydroxyl groups is 1. The lowest BCUT2D eigenvalue weighted by atomic mass is 9.64. The molecule has 1 heterocycles. The Labute approximate surface area is 128 Å². The second kappa shape index (κ2) is 5.23. The number of hydrogen-bond acceptors (Lipinski definition) is 2. The molecular formula is C19H28O2. The van der Waals surface area contributed by atoms with E-state index < -0.39 is 0 Å². The molecule has 0 saturated heterocycles. The molecule has 3 atom stereocenters. The number of aryl methyl sites for hydroxylation is 1. The summed E-state index contributed by atoms with van der Waals surface area (Å²) in [4.78, 5) is 0. The summed E-state index contributed by atoms with van der Waals surface area (Å²) in [6, 6.07) is 4.13. The van der Waals surface area contributed by atoms with Gasteiger partial charge in [0.25, 0.3) is 0 Å². The maximum absolute atomic E-state index is 10.6. The lowest BCUT2D eigenvalue weighted by Gasteiger charge is -2.49. The number of phenols is 1. The van der Waals surface area contributed by atoms with E-state index in [2.05, 4.69) is 33.8 Å². The normalized spacial score (nSPS) is 30.9. The average molecular weight is 288 g/mol. The Morgan fingerprint density at radius 2 is 2.14 bits per heavy atom. The van der Waals surface area contributed by atoms with Gasteiger partial charge in [0.1, 0.15) is 17.1 Å². The molecule has 1 N–H and O–H groups in total. The fourth-order valence-corrected chi connectivity index (χ4v) is 4.42. The monoisotopic (exact) mass is 288 g/mol. The van der Waals surface area contributed by atoms with Crippen LogP contribution in [0.15, 0.2) is 12.1 Å². The number of rotatable bonds is 3. The van der Waals surface area contributed by atoms with Crippen LogP contribution >= 0.6 is 0 Å². The van der Waals surface area contributed by atoms with Crippen molar-refractivity contribution < 1.29 is 9.84 Å². The molecule has 2 aliphatic rings. The molecule has 1 aromatic carbocycles. The van der Waals surface area contributed by atoms with Crippen LogP contribution in [0, 0.1) is 11.8 Å². The molecule has 0 spiro atoms. The zero-order valence-electron chi connectivity index (χ0n) is 13.8. The molecule has 116 valence electrons. The van der Waals surface area contributed by atoms with Gasteiger partial charge in [0.15, 0.2) is 0 Å². The van der Waals surface area contributed by atoms with Gasteiger partial charge in [-0.2, -0.15) is 0 Å². The summed E-state index contributed by atoms with van der Waals surface area (Å²) in [5.41, 5.74) is 2.23. The van der Waals surface area contributed by atoms with Crippen LogP contribution in [0.1, 0.15) is 70.4 Å². The van der Waals surface area contributed by atoms with Crippen molar-refractivity contribution in [2.75, 3.05) is 0 Å². The number of fused-ring (bicyclic) bond motifs is 4. The predicted molar refractivity (Wildman–Crippen MR) is 86.1 cm³/mol. The van der Waals surface area contributed by atoms with Crippen molar-refractivity contribution in [1.29, 1.82) is 0 Å². The first-order chi connectivity index (χ1) is 9.93. The molecule has 0 amide bonds. The van der Waals surface area contributed by atoms with Gasteiger partial charge in [-0.3, -0.25) is 0 Å². The molecule has 1 aliphatic heterocycles. The number of benzene rings is 1. The minimum absolute atomic E-state index is 0.0413. The third-order valence-corrected chi connectivity index (χ3v) is 5.48. The Bertz CT molecular complexity index is 535. The highest BCUT2D eigenvalue weighted by Gasteiger charge is 2.46. The molecule has 1 aliphatic carbocycles. The topological polar surface area (TPSA) is 29.5 Å². The minimum atomic E-state index is -0.0413. The molecule has 0 radical (unpaired) electrons. The second-order valence-electron chi connectivity index (χ2n) is 7.59. The molecule has 0 aromatic heterocycles. The average Bonchev–Trinajstić information content (AvgIpc) is 2.37. The van der Waals surface area contributed by atoms with E-state index in [9.17, 15) is 5.11 Å². The van der Waals surface area contributed by atoms with E-state index in [0.29, 0.717) is 23.5 Å². The smallest absolute Gasteiger partial charge is 0.127 e. The van der Waals surface area contributed by atoms with Crippen LogP contribution in [0.3, 0.4) is 0 Å². The van der Waals surface area contributed by atoms with Gasteiger partial charge in [0.05, 0.1) is 0 Å². The van der Waals surface area contributed by atoms with E-state index in [4.69, 9.17) is 4.74 Å². The van der Waals surface area contributed by atoms with Crippen molar-refractivity contribution in [2.45, 2.75) is 71.3 Å². The van der Waals surface area contributed by atoms with Crippen LogP contribution in [0.4, 0.5) is 0 Å². The molecule has 1 aromatic rings. The maximum atomic E-state index is 10.6. The summed E-state index contributed by atoms with van der Waals surface area (Å²) in [5, 5.41) is 10.6. The van der Waals surface area contributed by atoms with Crippen molar-refractivity contribution in [3.05, 3.63) is 23.3 Å². The van der Waals surface area contributed by atoms with Crippen molar-refractivity contribution in [1.82, 2.24) is 0 Å². The summed E-state index contributed by atoms with van der Waals surface area (Å²) in [6.45, 7) is 9.03. The first-order valence-corrected chi connectivity index (χ1v) is 8.48. The van der Waals surface area contributed by atoms with Gasteiger partial charge >= 0.3 is 0 Å². The van der Waals surface area contributed by atoms with Crippen molar-refractivity contribution >= 4 is 0 Å². The summed E-state index contributed by atoms with van der Waals surface area (Å²) >= 11 is 0. The van der Waals surface area contributed by atoms with E-state index in [1.165, 1.54) is 12.0 Å². The molecule has 1 fully saturated rings. The first kappa shape index (κ1) is 14.7. The molecule has 1 saturated carbocycles. The van der Waals surface area contributed by atoms with Crippen LogP contribution in [0.2, 0.25) is 0 Å². The van der Waals surface area contributed by atoms with Gasteiger partial charge in [0, 0.05) is 5.56 Å². The molecule has 3 rings (SSSR count). The Morgan fingerprint density at radius 3 is 2.81 bits per heavy atom. The molecule has 21 heavy (non-hydrogen) atoms. The molecule has 2 bridgehead atoms. The Balaban J connectivity index is 2.07. The summed E-state index contributed by atoms with van der Waals surface area (Å²) in [5.74, 6) is 3.16. The number of hydrogen-bond donors (Lipinski definition) is 1. The predicted octanol–water partition coefficient (Wildman–Crippen LogP) is 5.04. The van der Waals surface area contributed by atoms with Gasteiger partial charge in [0.2, 0.25) is 0 Å². The van der Waals surface area contributed by atoms with Gasteiger partial charge in [-0.1, -0.05) is 27.2 Å². The first-order valence-electron chi connectivity index (χ1n) is 8.48. The Kier molecular flexibility index (Phi) is 3.67. The van der Waals surface area contributed by atoms with Crippen molar-refractivity contribution in [2.24, 2.45) is 11.8 Å². The molecule has 2 heteroatoms. The van der Waals surface area contributed by atoms with Gasteiger partial charge in [-0.25, -0.2) is 0 Å². The maximum Gasteiger partial charge on any atom is 0.127 e. The zero-order valence-corrected chi connectivity index (χ0v) is 13.8. The summed E-state index contributed by atoms with van der Waals surface area (Å²) in [7, 11) is 0. The van der Waals surface area contributed by atoms with E-state index >= 15 is 0 Å². The highest BCUT2D eigenvalue weighted by molar-refractivity contribution is 5.52. The number of ether oxygens (including phenoxy) is 1. The van der Waals surface area contributed by atoms with Crippen LogP contribution < -0.4 is 4.74 Å². The van der Waals surface area contributed by atoms with Crippen LogP contribution in [0.25, 0.3) is 0 Å². The van der Waals surface area contributed by atoms with Gasteiger partial charge in [-0.05, 0) is 68.1 Å². The van der Waals surface area contributed by atoms with Crippen molar-refractivity contribution in [3.63, 3.8) is 0 Å². The fourth-order valence-electron chi connectivity index (χ4n) is 4.42. The van der Waals surface area contributed by atoms with Crippen LogP contribution in [0.5, 0.6) is 11.5 Å². The van der Waals surface area contributed by atoms with Crippen LogP contribution in [-0.2, 0) is 6.42 Å². The third-order valence-electron chi connectivity index (χ3n) is 5.48.